The van der Waals surface area contributed by atoms with E-state index in [-0.39, 0.29) is 0 Å². The Bertz CT molecular complexity index is 514. The number of benzene rings is 1. The van der Waals surface area contributed by atoms with E-state index < -0.39 is 0 Å². The molecule has 0 amide bonds. The molecule has 1 fully saturated rings. The fraction of sp³-hybridized carbons (Fsp3) is 0.611. The monoisotopic (exact) mass is 285 g/mol. The van der Waals surface area contributed by atoms with Gasteiger partial charge in [0.05, 0.1) is 11.3 Å². The van der Waals surface area contributed by atoms with Crippen LogP contribution in [0.3, 0.4) is 0 Å². The van der Waals surface area contributed by atoms with Gasteiger partial charge in [0.1, 0.15) is 6.07 Å². The summed E-state index contributed by atoms with van der Waals surface area (Å²) in [7, 11) is 0. The molecule has 0 aliphatic carbocycles. The van der Waals surface area contributed by atoms with Crippen LogP contribution < -0.4 is 10.2 Å². The molecule has 1 aliphatic heterocycles. The molecular formula is C18H27N3. The van der Waals surface area contributed by atoms with Gasteiger partial charge in [-0.05, 0) is 36.0 Å². The van der Waals surface area contributed by atoms with E-state index >= 15 is 0 Å². The molecule has 0 saturated carbocycles. The Balaban J connectivity index is 2.12. The van der Waals surface area contributed by atoms with Crippen molar-refractivity contribution in [1.82, 2.24) is 5.32 Å². The summed E-state index contributed by atoms with van der Waals surface area (Å²) in [6.07, 6.45) is 1.24. The topological polar surface area (TPSA) is 39.1 Å². The second-order valence-corrected chi connectivity index (χ2v) is 6.74. The second-order valence-electron chi connectivity index (χ2n) is 6.74. The Labute approximate surface area is 129 Å². The van der Waals surface area contributed by atoms with E-state index in [0.29, 0.717) is 6.04 Å². The van der Waals surface area contributed by atoms with Gasteiger partial charge in [-0.15, -0.1) is 0 Å². The first-order chi connectivity index (χ1) is 10.0. The number of nitrogens with one attached hydrogen (secondary N) is 1. The molecule has 21 heavy (non-hydrogen) atoms. The van der Waals surface area contributed by atoms with Gasteiger partial charge in [-0.1, -0.05) is 33.8 Å². The summed E-state index contributed by atoms with van der Waals surface area (Å²) in [5.74, 6) is 1.47. The summed E-state index contributed by atoms with van der Waals surface area (Å²) in [6.45, 7) is 11.8. The van der Waals surface area contributed by atoms with Gasteiger partial charge in [0.25, 0.3) is 0 Å². The minimum absolute atomic E-state index is 0.459. The van der Waals surface area contributed by atoms with Crippen LogP contribution >= 0.6 is 0 Å². The molecule has 1 atom stereocenters. The van der Waals surface area contributed by atoms with Crippen LogP contribution in [0, 0.1) is 23.2 Å². The number of rotatable bonds is 5. The molecule has 1 aliphatic rings. The summed E-state index contributed by atoms with van der Waals surface area (Å²) >= 11 is 0. The van der Waals surface area contributed by atoms with Crippen molar-refractivity contribution in [3.05, 3.63) is 29.3 Å². The number of hydrogen-bond donors (Lipinski definition) is 1. The molecule has 0 radical (unpaired) electrons. The molecule has 1 N–H and O–H groups in total. The molecule has 2 rings (SSSR count). The third-order valence-corrected chi connectivity index (χ3v) is 4.40. The highest BCUT2D eigenvalue weighted by atomic mass is 15.2. The van der Waals surface area contributed by atoms with Gasteiger partial charge in [-0.3, -0.25) is 0 Å². The van der Waals surface area contributed by atoms with Gasteiger partial charge < -0.3 is 10.2 Å². The molecule has 3 nitrogen and oxygen atoms in total. The zero-order valence-electron chi connectivity index (χ0n) is 13.7. The fourth-order valence-corrected chi connectivity index (χ4v) is 2.93. The first-order valence-electron chi connectivity index (χ1n) is 8.02. The second kappa shape index (κ2) is 6.95. The molecule has 1 saturated heterocycles. The summed E-state index contributed by atoms with van der Waals surface area (Å²) in [5.41, 5.74) is 3.10. The third-order valence-electron chi connectivity index (χ3n) is 4.40. The summed E-state index contributed by atoms with van der Waals surface area (Å²) in [4.78, 5) is 2.38. The smallest absolute Gasteiger partial charge is 0.101 e. The fourth-order valence-electron chi connectivity index (χ4n) is 2.93. The molecule has 0 spiro atoms. The minimum atomic E-state index is 0.459. The minimum Gasteiger partial charge on any atom is -0.370 e. The van der Waals surface area contributed by atoms with Crippen LogP contribution in [-0.4, -0.2) is 19.1 Å². The Kier molecular flexibility index (Phi) is 5.25. The van der Waals surface area contributed by atoms with E-state index in [1.807, 2.05) is 6.07 Å². The Hall–Kier alpha value is -1.53. The van der Waals surface area contributed by atoms with E-state index in [1.165, 1.54) is 12.0 Å². The van der Waals surface area contributed by atoms with Crippen molar-refractivity contribution in [1.29, 1.82) is 5.26 Å². The number of nitriles is 1. The average Bonchev–Trinajstić information content (AvgIpc) is 2.94. The van der Waals surface area contributed by atoms with Gasteiger partial charge in [-0.25, -0.2) is 0 Å². The van der Waals surface area contributed by atoms with Crippen molar-refractivity contribution >= 4 is 5.69 Å². The predicted molar refractivity (Wildman–Crippen MR) is 88.3 cm³/mol. The maximum atomic E-state index is 9.46. The lowest BCUT2D eigenvalue weighted by Gasteiger charge is -2.22. The molecule has 0 aromatic heterocycles. The van der Waals surface area contributed by atoms with Crippen molar-refractivity contribution in [2.75, 3.05) is 18.0 Å². The molecule has 0 bridgehead atoms. The first kappa shape index (κ1) is 15.9. The van der Waals surface area contributed by atoms with E-state index in [1.54, 1.807) is 0 Å². The van der Waals surface area contributed by atoms with Crippen molar-refractivity contribution in [2.45, 2.75) is 46.7 Å². The average molecular weight is 285 g/mol. The van der Waals surface area contributed by atoms with Crippen molar-refractivity contribution in [3.8, 4) is 6.07 Å². The van der Waals surface area contributed by atoms with Crippen LogP contribution in [0.1, 0.15) is 45.2 Å². The van der Waals surface area contributed by atoms with Gasteiger partial charge in [0.2, 0.25) is 0 Å². The van der Waals surface area contributed by atoms with E-state index in [9.17, 15) is 5.26 Å². The van der Waals surface area contributed by atoms with E-state index in [0.717, 1.165) is 42.7 Å². The molecular weight excluding hydrogens is 258 g/mol. The highest BCUT2D eigenvalue weighted by Gasteiger charge is 2.26. The maximum absolute atomic E-state index is 9.46. The Morgan fingerprint density at radius 2 is 2.10 bits per heavy atom. The van der Waals surface area contributed by atoms with Crippen LogP contribution in [0.5, 0.6) is 0 Å². The lowest BCUT2D eigenvalue weighted by molar-refractivity contribution is 0.423. The van der Waals surface area contributed by atoms with E-state index in [4.69, 9.17) is 0 Å². The molecule has 3 heteroatoms. The quantitative estimate of drug-likeness (QED) is 0.899. The largest absolute Gasteiger partial charge is 0.370 e. The number of nitrogens with zero attached hydrogens (tertiary/aromatic N) is 2. The predicted octanol–water partition coefficient (Wildman–Crippen LogP) is 3.54. The lowest BCUT2D eigenvalue weighted by Crippen LogP contribution is -2.23. The van der Waals surface area contributed by atoms with Crippen LogP contribution in [0.25, 0.3) is 0 Å². The standard InChI is InChI=1S/C18H27N3/c1-13(2)16-7-8-21(12-16)18-6-5-15(9-17(18)10-19)11-20-14(3)4/h5-6,9,13-14,16,20H,7-8,11-12H2,1-4H3. The lowest BCUT2D eigenvalue weighted by atomic mass is 9.95. The summed E-state index contributed by atoms with van der Waals surface area (Å²) in [6, 6.07) is 9.14. The van der Waals surface area contributed by atoms with Crippen molar-refractivity contribution < 1.29 is 0 Å². The molecule has 1 aromatic rings. The van der Waals surface area contributed by atoms with Crippen molar-refractivity contribution in [3.63, 3.8) is 0 Å². The van der Waals surface area contributed by atoms with Gasteiger partial charge in [-0.2, -0.15) is 5.26 Å². The normalized spacial score (nSPS) is 18.5. The summed E-state index contributed by atoms with van der Waals surface area (Å²) < 4.78 is 0. The molecule has 1 heterocycles. The zero-order chi connectivity index (χ0) is 15.4. The molecule has 1 unspecified atom stereocenters. The van der Waals surface area contributed by atoms with Gasteiger partial charge in [0.15, 0.2) is 0 Å². The highest BCUT2D eigenvalue weighted by Crippen LogP contribution is 2.30. The third kappa shape index (κ3) is 3.98. The Morgan fingerprint density at radius 1 is 1.33 bits per heavy atom. The maximum Gasteiger partial charge on any atom is 0.101 e. The first-order valence-corrected chi connectivity index (χ1v) is 8.02. The summed E-state index contributed by atoms with van der Waals surface area (Å²) in [5, 5.41) is 12.9. The molecule has 1 aromatic carbocycles. The van der Waals surface area contributed by atoms with Crippen molar-refractivity contribution in [2.24, 2.45) is 11.8 Å². The van der Waals surface area contributed by atoms with E-state index in [2.05, 4.69) is 56.1 Å². The van der Waals surface area contributed by atoms with Crippen LogP contribution in [0.2, 0.25) is 0 Å². The van der Waals surface area contributed by atoms with Gasteiger partial charge in [0, 0.05) is 25.7 Å². The number of hydrogen-bond acceptors (Lipinski definition) is 3. The number of anilines is 1. The van der Waals surface area contributed by atoms with Crippen LogP contribution in [0.15, 0.2) is 18.2 Å². The van der Waals surface area contributed by atoms with Crippen LogP contribution in [0.4, 0.5) is 5.69 Å². The molecule has 114 valence electrons. The SMILES string of the molecule is CC(C)NCc1ccc(N2CCC(C(C)C)C2)c(C#N)c1. The Morgan fingerprint density at radius 3 is 2.67 bits per heavy atom. The van der Waals surface area contributed by atoms with Gasteiger partial charge >= 0.3 is 0 Å². The zero-order valence-corrected chi connectivity index (χ0v) is 13.7. The highest BCUT2D eigenvalue weighted by molar-refractivity contribution is 5.61. The van der Waals surface area contributed by atoms with Crippen LogP contribution in [-0.2, 0) is 6.54 Å².